The van der Waals surface area contributed by atoms with Crippen molar-refractivity contribution in [2.75, 3.05) is 12.4 Å². The van der Waals surface area contributed by atoms with E-state index < -0.39 is 6.04 Å². The molecule has 0 heterocycles. The van der Waals surface area contributed by atoms with E-state index in [1.807, 2.05) is 0 Å². The van der Waals surface area contributed by atoms with Gasteiger partial charge in [-0.1, -0.05) is 0 Å². The maximum absolute atomic E-state index is 12.1. The third-order valence-electron chi connectivity index (χ3n) is 3.84. The highest BCUT2D eigenvalue weighted by Crippen LogP contribution is 2.33. The predicted octanol–water partition coefficient (Wildman–Crippen LogP) is 2.48. The molecule has 2 N–H and O–H groups in total. The molecular formula is C17H24N2O4. The van der Waals surface area contributed by atoms with Crippen molar-refractivity contribution in [3.8, 4) is 11.5 Å². The van der Waals surface area contributed by atoms with Crippen LogP contribution in [0.4, 0.5) is 5.69 Å². The van der Waals surface area contributed by atoms with E-state index >= 15 is 0 Å². The summed E-state index contributed by atoms with van der Waals surface area (Å²) in [4.78, 5) is 23.1. The average molecular weight is 320 g/mol. The number of hydrogen-bond acceptors (Lipinski definition) is 4. The van der Waals surface area contributed by atoms with Crippen LogP contribution in [0, 0.1) is 0 Å². The fourth-order valence-corrected chi connectivity index (χ4v) is 2.65. The summed E-state index contributed by atoms with van der Waals surface area (Å²) in [6, 6.07) is 4.67. The normalized spacial score (nSPS) is 15.8. The van der Waals surface area contributed by atoms with Crippen LogP contribution in [0.25, 0.3) is 0 Å². The Hall–Kier alpha value is -2.24. The number of carbonyl (C=O) groups is 2. The molecule has 0 aliphatic heterocycles. The second-order valence-electron chi connectivity index (χ2n) is 5.80. The van der Waals surface area contributed by atoms with Gasteiger partial charge in [-0.25, -0.2) is 0 Å². The van der Waals surface area contributed by atoms with Gasteiger partial charge in [-0.2, -0.15) is 0 Å². The van der Waals surface area contributed by atoms with Gasteiger partial charge in [-0.3, -0.25) is 9.59 Å². The van der Waals surface area contributed by atoms with Gasteiger partial charge in [0.1, 0.15) is 6.04 Å². The molecule has 0 saturated heterocycles. The minimum Gasteiger partial charge on any atom is -0.493 e. The van der Waals surface area contributed by atoms with Crippen LogP contribution in [0.1, 0.15) is 39.5 Å². The quantitative estimate of drug-likeness (QED) is 0.844. The number of rotatable bonds is 6. The number of carbonyl (C=O) groups excluding carboxylic acids is 2. The number of hydrogen-bond donors (Lipinski definition) is 2. The maximum atomic E-state index is 12.1. The number of amides is 2. The molecule has 0 aromatic heterocycles. The van der Waals surface area contributed by atoms with Crippen molar-refractivity contribution in [1.82, 2.24) is 5.32 Å². The second-order valence-corrected chi connectivity index (χ2v) is 5.80. The van der Waals surface area contributed by atoms with E-state index in [9.17, 15) is 9.59 Å². The fraction of sp³-hybridized carbons (Fsp3) is 0.529. The molecule has 23 heavy (non-hydrogen) atoms. The van der Waals surface area contributed by atoms with Crippen LogP contribution in [0.2, 0.25) is 0 Å². The predicted molar refractivity (Wildman–Crippen MR) is 87.8 cm³/mol. The van der Waals surface area contributed by atoms with Gasteiger partial charge < -0.3 is 20.1 Å². The highest BCUT2D eigenvalue weighted by atomic mass is 16.5. The van der Waals surface area contributed by atoms with Crippen molar-refractivity contribution >= 4 is 17.5 Å². The summed E-state index contributed by atoms with van der Waals surface area (Å²) in [5, 5.41) is 5.33. The molecule has 0 unspecified atom stereocenters. The summed E-state index contributed by atoms with van der Waals surface area (Å²) < 4.78 is 11.3. The maximum Gasteiger partial charge on any atom is 0.246 e. The van der Waals surface area contributed by atoms with Gasteiger partial charge in [0.2, 0.25) is 11.8 Å². The lowest BCUT2D eigenvalue weighted by molar-refractivity contribution is -0.124. The Labute approximate surface area is 136 Å². The zero-order chi connectivity index (χ0) is 16.8. The Balaban J connectivity index is 2.07. The zero-order valence-corrected chi connectivity index (χ0v) is 13.8. The Bertz CT molecular complexity index is 568. The molecule has 1 atom stereocenters. The van der Waals surface area contributed by atoms with Crippen LogP contribution >= 0.6 is 0 Å². The highest BCUT2D eigenvalue weighted by molar-refractivity contribution is 5.96. The van der Waals surface area contributed by atoms with E-state index in [4.69, 9.17) is 9.47 Å². The first kappa shape index (κ1) is 17.1. The summed E-state index contributed by atoms with van der Waals surface area (Å²) in [5.41, 5.74) is 0.612. The monoisotopic (exact) mass is 320 g/mol. The molecule has 1 aromatic rings. The van der Waals surface area contributed by atoms with Gasteiger partial charge in [-0.05, 0) is 44.7 Å². The zero-order valence-electron chi connectivity index (χ0n) is 13.8. The van der Waals surface area contributed by atoms with Crippen molar-refractivity contribution < 1.29 is 19.1 Å². The minimum atomic E-state index is -0.603. The van der Waals surface area contributed by atoms with E-state index in [0.717, 1.165) is 12.8 Å². The second kappa shape index (κ2) is 7.85. The molecule has 2 rings (SSSR count). The number of methoxy groups -OCH3 is 1. The summed E-state index contributed by atoms with van der Waals surface area (Å²) >= 11 is 0. The fourth-order valence-electron chi connectivity index (χ4n) is 2.65. The third-order valence-corrected chi connectivity index (χ3v) is 3.84. The Morgan fingerprint density at radius 3 is 2.52 bits per heavy atom. The molecule has 1 aliphatic carbocycles. The standard InChI is InChI=1S/C17H24N2O4/c1-11(18-12(2)20)17(21)19-13-8-9-15(22-3)16(10-13)23-14-6-4-5-7-14/h8-11,14H,4-7H2,1-3H3,(H,18,20)(H,19,21)/t11-/m0/s1. The van der Waals surface area contributed by atoms with Crippen LogP contribution in [-0.2, 0) is 9.59 Å². The summed E-state index contributed by atoms with van der Waals surface area (Å²) in [6.07, 6.45) is 4.64. The van der Waals surface area contributed by atoms with Crippen molar-refractivity contribution in [1.29, 1.82) is 0 Å². The molecule has 126 valence electrons. The Kier molecular flexibility index (Phi) is 5.84. The molecule has 6 nitrogen and oxygen atoms in total. The van der Waals surface area contributed by atoms with Gasteiger partial charge in [-0.15, -0.1) is 0 Å². The highest BCUT2D eigenvalue weighted by Gasteiger charge is 2.19. The molecule has 1 fully saturated rings. The SMILES string of the molecule is COc1ccc(NC(=O)[C@H](C)NC(C)=O)cc1OC1CCCC1. The van der Waals surface area contributed by atoms with Crippen molar-refractivity contribution in [2.45, 2.75) is 51.7 Å². The average Bonchev–Trinajstić information content (AvgIpc) is 3.00. The largest absolute Gasteiger partial charge is 0.493 e. The summed E-state index contributed by atoms with van der Waals surface area (Å²) in [5.74, 6) is 0.749. The topological polar surface area (TPSA) is 76.7 Å². The minimum absolute atomic E-state index is 0.202. The molecular weight excluding hydrogens is 296 g/mol. The van der Waals surface area contributed by atoms with Crippen LogP contribution in [-0.4, -0.2) is 31.1 Å². The Morgan fingerprint density at radius 1 is 1.22 bits per heavy atom. The molecule has 1 aromatic carbocycles. The lowest BCUT2D eigenvalue weighted by Crippen LogP contribution is -2.40. The van der Waals surface area contributed by atoms with Crippen molar-refractivity contribution in [2.24, 2.45) is 0 Å². The van der Waals surface area contributed by atoms with Crippen molar-refractivity contribution in [3.63, 3.8) is 0 Å². The summed E-state index contributed by atoms with van der Waals surface area (Å²) in [6.45, 7) is 3.01. The smallest absolute Gasteiger partial charge is 0.246 e. The van der Waals surface area contributed by atoms with Gasteiger partial charge in [0.25, 0.3) is 0 Å². The Morgan fingerprint density at radius 2 is 1.91 bits per heavy atom. The number of anilines is 1. The lowest BCUT2D eigenvalue weighted by atomic mass is 10.2. The van der Waals surface area contributed by atoms with E-state index in [1.165, 1.54) is 19.8 Å². The molecule has 0 radical (unpaired) electrons. The molecule has 6 heteroatoms. The number of ether oxygens (including phenoxy) is 2. The van der Waals surface area contributed by atoms with E-state index in [1.54, 1.807) is 32.2 Å². The molecule has 1 saturated carbocycles. The van der Waals surface area contributed by atoms with E-state index in [0.29, 0.717) is 17.2 Å². The first-order valence-electron chi connectivity index (χ1n) is 7.92. The first-order chi connectivity index (χ1) is 11.0. The molecule has 0 bridgehead atoms. The van der Waals surface area contributed by atoms with Gasteiger partial charge in [0, 0.05) is 18.7 Å². The third kappa shape index (κ3) is 4.87. The molecule has 0 spiro atoms. The van der Waals surface area contributed by atoms with Gasteiger partial charge >= 0.3 is 0 Å². The van der Waals surface area contributed by atoms with Gasteiger partial charge in [0.05, 0.1) is 13.2 Å². The van der Waals surface area contributed by atoms with Crippen LogP contribution < -0.4 is 20.1 Å². The van der Waals surface area contributed by atoms with Crippen LogP contribution in [0.15, 0.2) is 18.2 Å². The van der Waals surface area contributed by atoms with Crippen LogP contribution in [0.5, 0.6) is 11.5 Å². The van der Waals surface area contributed by atoms with Crippen molar-refractivity contribution in [3.05, 3.63) is 18.2 Å². The van der Waals surface area contributed by atoms with E-state index in [2.05, 4.69) is 10.6 Å². The van der Waals surface area contributed by atoms with Gasteiger partial charge in [0.15, 0.2) is 11.5 Å². The molecule has 1 aliphatic rings. The van der Waals surface area contributed by atoms with Crippen LogP contribution in [0.3, 0.4) is 0 Å². The summed E-state index contributed by atoms with van der Waals surface area (Å²) in [7, 11) is 1.59. The molecule has 2 amide bonds. The van der Waals surface area contributed by atoms with E-state index in [-0.39, 0.29) is 17.9 Å². The number of benzene rings is 1. The first-order valence-corrected chi connectivity index (χ1v) is 7.92. The number of nitrogens with one attached hydrogen (secondary N) is 2. The lowest BCUT2D eigenvalue weighted by Gasteiger charge is -2.18.